The third kappa shape index (κ3) is 7.35. The smallest absolute Gasteiger partial charge is 0.326 e. The Hall–Kier alpha value is -1.69. The second kappa shape index (κ2) is 8.42. The van der Waals surface area contributed by atoms with Crippen molar-refractivity contribution < 1.29 is 19.5 Å². The van der Waals surface area contributed by atoms with Crippen molar-refractivity contribution in [3.63, 3.8) is 0 Å². The van der Waals surface area contributed by atoms with Gasteiger partial charge in [-0.05, 0) is 24.8 Å². The zero-order chi connectivity index (χ0) is 15.0. The van der Waals surface area contributed by atoms with Gasteiger partial charge < -0.3 is 16.2 Å². The highest BCUT2D eigenvalue weighted by atomic mass is 16.4. The van der Waals surface area contributed by atoms with Crippen LogP contribution in [-0.4, -0.2) is 34.8 Å². The number of carbonyl (C=O) groups excluding carboxylic acids is 2. The second-order valence-electron chi connectivity index (χ2n) is 4.84. The van der Waals surface area contributed by atoms with Crippen LogP contribution in [0.15, 0.2) is 12.7 Å². The topological polar surface area (TPSA) is 109 Å². The summed E-state index contributed by atoms with van der Waals surface area (Å²) in [5.41, 5.74) is 5.66. The molecule has 0 aromatic carbocycles. The van der Waals surface area contributed by atoms with Crippen LogP contribution in [0.4, 0.5) is 0 Å². The molecule has 6 heteroatoms. The van der Waals surface area contributed by atoms with Crippen molar-refractivity contribution >= 4 is 17.7 Å². The summed E-state index contributed by atoms with van der Waals surface area (Å²) in [7, 11) is 0. The van der Waals surface area contributed by atoms with Gasteiger partial charge in [0.25, 0.3) is 0 Å². The Labute approximate surface area is 113 Å². The molecule has 4 N–H and O–H groups in total. The van der Waals surface area contributed by atoms with E-state index in [-0.39, 0.29) is 24.5 Å². The number of amides is 1. The van der Waals surface area contributed by atoms with Crippen LogP contribution in [0.1, 0.15) is 33.1 Å². The molecule has 0 saturated carbocycles. The second-order valence-corrected chi connectivity index (χ2v) is 4.84. The first-order chi connectivity index (χ1) is 8.77. The van der Waals surface area contributed by atoms with Gasteiger partial charge in [-0.1, -0.05) is 20.4 Å². The zero-order valence-corrected chi connectivity index (χ0v) is 11.4. The van der Waals surface area contributed by atoms with Crippen LogP contribution in [0.5, 0.6) is 0 Å². The number of allylic oxidation sites excluding steroid dienone is 1. The van der Waals surface area contributed by atoms with E-state index in [0.29, 0.717) is 6.42 Å². The molecule has 0 aliphatic rings. The van der Waals surface area contributed by atoms with E-state index in [1.54, 1.807) is 0 Å². The summed E-state index contributed by atoms with van der Waals surface area (Å²) in [4.78, 5) is 33.7. The van der Waals surface area contributed by atoms with Gasteiger partial charge in [0.1, 0.15) is 6.04 Å². The SMILES string of the molecule is C=CC(=O)CC[C@H](NC(=O)[C@@H](N)CC(C)C)C(=O)O. The summed E-state index contributed by atoms with van der Waals surface area (Å²) < 4.78 is 0. The van der Waals surface area contributed by atoms with Crippen LogP contribution in [0.25, 0.3) is 0 Å². The number of carboxylic acids is 1. The Kier molecular flexibility index (Phi) is 7.67. The molecule has 0 aliphatic carbocycles. The minimum atomic E-state index is -1.18. The summed E-state index contributed by atoms with van der Waals surface area (Å²) in [6, 6.07) is -1.84. The summed E-state index contributed by atoms with van der Waals surface area (Å²) in [6.07, 6.45) is 1.66. The molecule has 19 heavy (non-hydrogen) atoms. The molecule has 0 aromatic heterocycles. The van der Waals surface area contributed by atoms with Gasteiger partial charge in [0.2, 0.25) is 5.91 Å². The molecule has 108 valence electrons. The van der Waals surface area contributed by atoms with E-state index in [1.807, 2.05) is 13.8 Å². The first-order valence-electron chi connectivity index (χ1n) is 6.22. The molecule has 2 atom stereocenters. The quantitative estimate of drug-likeness (QED) is 0.527. The van der Waals surface area contributed by atoms with Crippen molar-refractivity contribution in [2.24, 2.45) is 11.7 Å². The van der Waals surface area contributed by atoms with Crippen LogP contribution in [0.3, 0.4) is 0 Å². The summed E-state index contributed by atoms with van der Waals surface area (Å²) in [6.45, 7) is 7.14. The third-order valence-electron chi connectivity index (χ3n) is 2.58. The molecule has 0 bridgehead atoms. The average Bonchev–Trinajstić information content (AvgIpc) is 2.32. The molecule has 0 saturated heterocycles. The third-order valence-corrected chi connectivity index (χ3v) is 2.58. The maximum atomic E-state index is 11.7. The number of hydrogen-bond acceptors (Lipinski definition) is 4. The van der Waals surface area contributed by atoms with Crippen LogP contribution in [0, 0.1) is 5.92 Å². The van der Waals surface area contributed by atoms with Crippen LogP contribution < -0.4 is 11.1 Å². The van der Waals surface area contributed by atoms with Crippen molar-refractivity contribution in [1.29, 1.82) is 0 Å². The number of hydrogen-bond donors (Lipinski definition) is 3. The molecule has 0 fully saturated rings. The normalized spacial score (nSPS) is 13.7. The van der Waals surface area contributed by atoms with Crippen LogP contribution in [-0.2, 0) is 14.4 Å². The minimum Gasteiger partial charge on any atom is -0.480 e. The van der Waals surface area contributed by atoms with Crippen LogP contribution in [0.2, 0.25) is 0 Å². The van der Waals surface area contributed by atoms with Gasteiger partial charge in [-0.3, -0.25) is 9.59 Å². The number of rotatable bonds is 9. The summed E-state index contributed by atoms with van der Waals surface area (Å²) in [5, 5.41) is 11.3. The van der Waals surface area contributed by atoms with E-state index in [4.69, 9.17) is 10.8 Å². The average molecular weight is 270 g/mol. The fourth-order valence-corrected chi connectivity index (χ4v) is 1.54. The Morgan fingerprint density at radius 2 is 1.95 bits per heavy atom. The number of ketones is 1. The predicted octanol–water partition coefficient (Wildman–Crippen LogP) is 0.464. The van der Waals surface area contributed by atoms with Gasteiger partial charge in [-0.15, -0.1) is 0 Å². The first-order valence-corrected chi connectivity index (χ1v) is 6.22. The molecule has 0 unspecified atom stereocenters. The van der Waals surface area contributed by atoms with Gasteiger partial charge >= 0.3 is 5.97 Å². The zero-order valence-electron chi connectivity index (χ0n) is 11.4. The molecule has 0 heterocycles. The van der Waals surface area contributed by atoms with Gasteiger partial charge in [0.15, 0.2) is 5.78 Å². The van der Waals surface area contributed by atoms with Gasteiger partial charge in [0, 0.05) is 6.42 Å². The van der Waals surface area contributed by atoms with Crippen molar-refractivity contribution in [1.82, 2.24) is 5.32 Å². The van der Waals surface area contributed by atoms with Crippen LogP contribution >= 0.6 is 0 Å². The highest BCUT2D eigenvalue weighted by Gasteiger charge is 2.23. The molecule has 0 radical (unpaired) electrons. The Balaban J connectivity index is 4.41. The number of nitrogens with one attached hydrogen (secondary N) is 1. The summed E-state index contributed by atoms with van der Waals surface area (Å²) in [5.74, 6) is -1.70. The molecule has 0 spiro atoms. The first kappa shape index (κ1) is 17.3. The van der Waals surface area contributed by atoms with Crippen molar-refractivity contribution in [3.05, 3.63) is 12.7 Å². The van der Waals surface area contributed by atoms with E-state index in [9.17, 15) is 14.4 Å². The largest absolute Gasteiger partial charge is 0.480 e. The van der Waals surface area contributed by atoms with Crippen molar-refractivity contribution in [2.75, 3.05) is 0 Å². The molecule has 0 aliphatic heterocycles. The van der Waals surface area contributed by atoms with Crippen molar-refractivity contribution in [2.45, 2.75) is 45.2 Å². The Morgan fingerprint density at radius 1 is 1.37 bits per heavy atom. The van der Waals surface area contributed by atoms with Gasteiger partial charge in [-0.2, -0.15) is 0 Å². The lowest BCUT2D eigenvalue weighted by molar-refractivity contribution is -0.142. The molecule has 1 amide bonds. The maximum Gasteiger partial charge on any atom is 0.326 e. The maximum absolute atomic E-state index is 11.7. The predicted molar refractivity (Wildman–Crippen MR) is 71.4 cm³/mol. The monoisotopic (exact) mass is 270 g/mol. The standard InChI is InChI=1S/C13H22N2O4/c1-4-9(16)5-6-11(13(18)19)15-12(17)10(14)7-8(2)3/h4,8,10-11H,1,5-7,14H2,2-3H3,(H,15,17)(H,18,19)/t10-,11-/m0/s1. The highest BCUT2D eigenvalue weighted by molar-refractivity contribution is 5.90. The van der Waals surface area contributed by atoms with Crippen molar-refractivity contribution in [3.8, 4) is 0 Å². The summed E-state index contributed by atoms with van der Waals surface area (Å²) >= 11 is 0. The fourth-order valence-electron chi connectivity index (χ4n) is 1.54. The molecule has 0 rings (SSSR count). The Bertz CT molecular complexity index is 353. The minimum absolute atomic E-state index is 0.0279. The lowest BCUT2D eigenvalue weighted by Crippen LogP contribution is -2.48. The fraction of sp³-hybridized carbons (Fsp3) is 0.615. The Morgan fingerprint density at radius 3 is 2.37 bits per heavy atom. The van der Waals surface area contributed by atoms with Gasteiger partial charge in [0.05, 0.1) is 6.04 Å². The molecular formula is C13H22N2O4. The van der Waals surface area contributed by atoms with E-state index >= 15 is 0 Å². The lowest BCUT2D eigenvalue weighted by Gasteiger charge is -2.18. The van der Waals surface area contributed by atoms with Gasteiger partial charge in [-0.25, -0.2) is 4.79 Å². The van der Waals surface area contributed by atoms with E-state index in [2.05, 4.69) is 11.9 Å². The number of carboxylic acid groups (broad SMARTS) is 1. The number of carbonyl (C=O) groups is 3. The molecular weight excluding hydrogens is 248 g/mol. The molecule has 0 aromatic rings. The van der Waals surface area contributed by atoms with E-state index in [1.165, 1.54) is 0 Å². The van der Waals surface area contributed by atoms with E-state index < -0.39 is 24.0 Å². The lowest BCUT2D eigenvalue weighted by atomic mass is 10.0. The molecule has 6 nitrogen and oxygen atoms in total. The van der Waals surface area contributed by atoms with E-state index in [0.717, 1.165) is 6.08 Å². The number of nitrogens with two attached hydrogens (primary N) is 1. The highest BCUT2D eigenvalue weighted by Crippen LogP contribution is 2.05. The number of aliphatic carboxylic acids is 1.